The summed E-state index contributed by atoms with van der Waals surface area (Å²) in [7, 11) is 0. The number of carbonyl (C=O) groups is 2. The van der Waals surface area contributed by atoms with E-state index in [9.17, 15) is 14.0 Å². The normalized spacial score (nSPS) is 16.6. The van der Waals surface area contributed by atoms with Crippen molar-refractivity contribution in [1.82, 2.24) is 0 Å². The minimum absolute atomic E-state index is 0.108. The molecule has 1 N–H and O–H groups in total. The zero-order chi connectivity index (χ0) is 15.7. The Bertz CT molecular complexity index is 746. The Morgan fingerprint density at radius 3 is 2.55 bits per heavy atom. The van der Waals surface area contributed by atoms with Crippen molar-refractivity contribution in [2.24, 2.45) is 0 Å². The van der Waals surface area contributed by atoms with E-state index in [0.29, 0.717) is 5.69 Å². The van der Waals surface area contributed by atoms with Gasteiger partial charge in [-0.1, -0.05) is 24.3 Å². The lowest BCUT2D eigenvalue weighted by molar-refractivity contribution is -0.144. The van der Waals surface area contributed by atoms with Gasteiger partial charge in [0.25, 0.3) is 5.91 Å². The van der Waals surface area contributed by atoms with Gasteiger partial charge < -0.3 is 14.7 Å². The Labute approximate surface area is 125 Å². The number of para-hydroxylation sites is 2. The van der Waals surface area contributed by atoms with Crippen LogP contribution in [-0.4, -0.2) is 29.6 Å². The highest BCUT2D eigenvalue weighted by Crippen LogP contribution is 2.34. The third kappa shape index (κ3) is 2.39. The van der Waals surface area contributed by atoms with Crippen LogP contribution in [-0.2, 0) is 4.79 Å². The number of anilines is 1. The maximum atomic E-state index is 13.8. The van der Waals surface area contributed by atoms with Gasteiger partial charge in [-0.15, -0.1) is 0 Å². The van der Waals surface area contributed by atoms with Crippen molar-refractivity contribution in [2.45, 2.75) is 6.10 Å². The second kappa shape index (κ2) is 5.48. The molecule has 2 aromatic carbocycles. The van der Waals surface area contributed by atoms with Crippen LogP contribution in [0.15, 0.2) is 48.5 Å². The predicted octanol–water partition coefficient (Wildman–Crippen LogP) is 2.32. The standard InChI is InChI=1S/C16H12FNO4/c17-11-6-2-1-5-10(11)15(19)18-9-14(16(20)21)22-13-8-4-3-7-12(13)18/h1-8,14H,9H2,(H,20,21)/t14-/m1/s1. The van der Waals surface area contributed by atoms with Gasteiger partial charge in [0.05, 0.1) is 17.8 Å². The molecule has 5 nitrogen and oxygen atoms in total. The number of carbonyl (C=O) groups excluding carboxylic acids is 1. The minimum atomic E-state index is -1.19. The van der Waals surface area contributed by atoms with E-state index in [2.05, 4.69) is 0 Å². The number of carboxylic acid groups (broad SMARTS) is 1. The molecule has 0 radical (unpaired) electrons. The lowest BCUT2D eigenvalue weighted by atomic mass is 10.1. The molecule has 1 aliphatic heterocycles. The lowest BCUT2D eigenvalue weighted by Gasteiger charge is -2.33. The molecule has 0 saturated heterocycles. The second-order valence-corrected chi connectivity index (χ2v) is 4.81. The van der Waals surface area contributed by atoms with E-state index in [1.54, 1.807) is 30.3 Å². The van der Waals surface area contributed by atoms with E-state index in [1.165, 1.54) is 23.1 Å². The van der Waals surface area contributed by atoms with Gasteiger partial charge in [-0.25, -0.2) is 9.18 Å². The van der Waals surface area contributed by atoms with Gasteiger partial charge in [-0.3, -0.25) is 4.79 Å². The molecule has 0 saturated carbocycles. The van der Waals surface area contributed by atoms with E-state index >= 15 is 0 Å². The molecule has 2 aromatic rings. The van der Waals surface area contributed by atoms with Gasteiger partial charge in [-0.05, 0) is 24.3 Å². The SMILES string of the molecule is O=C(O)[C@H]1CN(C(=O)c2ccccc2F)c2ccccc2O1. The highest BCUT2D eigenvalue weighted by molar-refractivity contribution is 6.07. The molecule has 1 aliphatic rings. The van der Waals surface area contributed by atoms with Crippen LogP contribution < -0.4 is 9.64 Å². The molecule has 0 unspecified atom stereocenters. The van der Waals surface area contributed by atoms with Crippen LogP contribution in [0.1, 0.15) is 10.4 Å². The zero-order valence-corrected chi connectivity index (χ0v) is 11.4. The number of hydrogen-bond acceptors (Lipinski definition) is 3. The number of halogens is 1. The lowest BCUT2D eigenvalue weighted by Crippen LogP contribution is -2.47. The highest BCUT2D eigenvalue weighted by Gasteiger charge is 2.34. The smallest absolute Gasteiger partial charge is 0.346 e. The zero-order valence-electron chi connectivity index (χ0n) is 11.4. The quantitative estimate of drug-likeness (QED) is 0.924. The second-order valence-electron chi connectivity index (χ2n) is 4.81. The van der Waals surface area contributed by atoms with Gasteiger partial charge in [0.2, 0.25) is 6.10 Å². The Morgan fingerprint density at radius 1 is 1.14 bits per heavy atom. The summed E-state index contributed by atoms with van der Waals surface area (Å²) in [5.74, 6) is -2.14. The summed E-state index contributed by atoms with van der Waals surface area (Å²) in [4.78, 5) is 25.0. The topological polar surface area (TPSA) is 66.8 Å². The molecule has 0 aromatic heterocycles. The summed E-state index contributed by atoms with van der Waals surface area (Å²) in [6.07, 6.45) is -1.19. The number of hydrogen-bond donors (Lipinski definition) is 1. The molecule has 3 rings (SSSR count). The monoisotopic (exact) mass is 301 g/mol. The molecule has 0 fully saturated rings. The number of ether oxygens (including phenoxy) is 1. The number of rotatable bonds is 2. The van der Waals surface area contributed by atoms with Crippen LogP contribution in [0.5, 0.6) is 5.75 Å². The van der Waals surface area contributed by atoms with E-state index in [1.807, 2.05) is 0 Å². The first-order valence-corrected chi connectivity index (χ1v) is 6.63. The van der Waals surface area contributed by atoms with Crippen LogP contribution in [0, 0.1) is 5.82 Å². The first-order valence-electron chi connectivity index (χ1n) is 6.63. The minimum Gasteiger partial charge on any atom is -0.478 e. The first-order chi connectivity index (χ1) is 10.6. The molecular weight excluding hydrogens is 289 g/mol. The average Bonchev–Trinajstić information content (AvgIpc) is 2.53. The van der Waals surface area contributed by atoms with Gasteiger partial charge in [0.15, 0.2) is 0 Å². The maximum absolute atomic E-state index is 13.8. The van der Waals surface area contributed by atoms with Crippen LogP contribution >= 0.6 is 0 Å². The van der Waals surface area contributed by atoms with Gasteiger partial charge in [0.1, 0.15) is 11.6 Å². The molecule has 6 heteroatoms. The fourth-order valence-electron chi connectivity index (χ4n) is 2.34. The van der Waals surface area contributed by atoms with Gasteiger partial charge in [-0.2, -0.15) is 0 Å². The molecule has 22 heavy (non-hydrogen) atoms. The molecule has 0 bridgehead atoms. The number of fused-ring (bicyclic) bond motifs is 1. The molecule has 112 valence electrons. The molecule has 1 atom stereocenters. The molecule has 0 aliphatic carbocycles. The van der Waals surface area contributed by atoms with E-state index in [-0.39, 0.29) is 17.9 Å². The van der Waals surface area contributed by atoms with Crippen molar-refractivity contribution >= 4 is 17.6 Å². The molecule has 1 amide bonds. The predicted molar refractivity (Wildman–Crippen MR) is 76.6 cm³/mol. The van der Waals surface area contributed by atoms with Crippen molar-refractivity contribution in [2.75, 3.05) is 11.4 Å². The van der Waals surface area contributed by atoms with Crippen molar-refractivity contribution in [3.8, 4) is 5.75 Å². The number of aliphatic carboxylic acids is 1. The summed E-state index contributed by atoms with van der Waals surface area (Å²) >= 11 is 0. The van der Waals surface area contributed by atoms with Crippen molar-refractivity contribution in [3.05, 3.63) is 59.9 Å². The number of amides is 1. The number of carboxylic acids is 1. The molecule has 0 spiro atoms. The Morgan fingerprint density at radius 2 is 1.82 bits per heavy atom. The van der Waals surface area contributed by atoms with E-state index in [4.69, 9.17) is 9.84 Å². The van der Waals surface area contributed by atoms with Gasteiger partial charge >= 0.3 is 5.97 Å². The van der Waals surface area contributed by atoms with Crippen LogP contribution in [0.3, 0.4) is 0 Å². The Hall–Kier alpha value is -2.89. The fourth-order valence-corrected chi connectivity index (χ4v) is 2.34. The summed E-state index contributed by atoms with van der Waals surface area (Å²) < 4.78 is 19.2. The van der Waals surface area contributed by atoms with E-state index in [0.717, 1.165) is 0 Å². The van der Waals surface area contributed by atoms with Crippen LogP contribution in [0.4, 0.5) is 10.1 Å². The third-order valence-electron chi connectivity index (χ3n) is 3.40. The van der Waals surface area contributed by atoms with Crippen molar-refractivity contribution in [3.63, 3.8) is 0 Å². The van der Waals surface area contributed by atoms with Crippen molar-refractivity contribution < 1.29 is 23.8 Å². The van der Waals surface area contributed by atoms with Crippen molar-refractivity contribution in [1.29, 1.82) is 0 Å². The maximum Gasteiger partial charge on any atom is 0.346 e. The van der Waals surface area contributed by atoms with Gasteiger partial charge in [0, 0.05) is 0 Å². The van der Waals surface area contributed by atoms with Crippen LogP contribution in [0.25, 0.3) is 0 Å². The Balaban J connectivity index is 2.03. The number of benzene rings is 2. The summed E-state index contributed by atoms with van der Waals surface area (Å²) in [6.45, 7) is -0.181. The summed E-state index contributed by atoms with van der Waals surface area (Å²) in [5.41, 5.74) is 0.316. The number of nitrogens with zero attached hydrogens (tertiary/aromatic N) is 1. The fraction of sp³-hybridized carbons (Fsp3) is 0.125. The summed E-state index contributed by atoms with van der Waals surface area (Å²) in [6, 6.07) is 12.2. The summed E-state index contributed by atoms with van der Waals surface area (Å²) in [5, 5.41) is 9.15. The van der Waals surface area contributed by atoms with E-state index < -0.39 is 23.8 Å². The largest absolute Gasteiger partial charge is 0.478 e. The average molecular weight is 301 g/mol. The molecule has 1 heterocycles. The third-order valence-corrected chi connectivity index (χ3v) is 3.40. The highest BCUT2D eigenvalue weighted by atomic mass is 19.1. The first kappa shape index (κ1) is 14.1. The molecular formula is C16H12FNO4. The van der Waals surface area contributed by atoms with Crippen LogP contribution in [0.2, 0.25) is 0 Å². The Kier molecular flexibility index (Phi) is 3.50.